The standard InChI is InChI=1S/C15H20F3NO/c1-3-19-11-8-9-14(2,10-11)12-6-4-5-7-13(12)20-15(16,17)18/h4-7,11,19H,3,8-10H2,1-2H3. The zero-order valence-electron chi connectivity index (χ0n) is 11.8. The van der Waals surface area contributed by atoms with Crippen LogP contribution in [0.1, 0.15) is 38.7 Å². The predicted molar refractivity (Wildman–Crippen MR) is 71.8 cm³/mol. The van der Waals surface area contributed by atoms with Gasteiger partial charge in [-0.2, -0.15) is 0 Å². The molecule has 0 saturated heterocycles. The van der Waals surface area contributed by atoms with Gasteiger partial charge in [0.1, 0.15) is 5.75 Å². The first-order chi connectivity index (χ1) is 9.34. The second kappa shape index (κ2) is 5.64. The van der Waals surface area contributed by atoms with E-state index in [-0.39, 0.29) is 11.2 Å². The van der Waals surface area contributed by atoms with E-state index in [0.29, 0.717) is 11.6 Å². The first kappa shape index (κ1) is 15.2. The molecule has 1 aromatic carbocycles. The van der Waals surface area contributed by atoms with Gasteiger partial charge in [0.05, 0.1) is 0 Å². The Bertz CT molecular complexity index is 461. The normalized spacial score (nSPS) is 26.8. The van der Waals surface area contributed by atoms with Gasteiger partial charge in [-0.3, -0.25) is 0 Å². The number of para-hydroxylation sites is 1. The van der Waals surface area contributed by atoms with E-state index < -0.39 is 6.36 Å². The minimum Gasteiger partial charge on any atom is -0.405 e. The average molecular weight is 287 g/mol. The van der Waals surface area contributed by atoms with Crippen LogP contribution in [0.15, 0.2) is 24.3 Å². The van der Waals surface area contributed by atoms with Crippen LogP contribution in [0, 0.1) is 0 Å². The fourth-order valence-electron chi connectivity index (χ4n) is 3.13. The molecular weight excluding hydrogens is 267 g/mol. The van der Waals surface area contributed by atoms with Crippen LogP contribution >= 0.6 is 0 Å². The molecule has 5 heteroatoms. The highest BCUT2D eigenvalue weighted by atomic mass is 19.4. The number of benzene rings is 1. The lowest BCUT2D eigenvalue weighted by Gasteiger charge is -2.27. The molecule has 2 nitrogen and oxygen atoms in total. The van der Waals surface area contributed by atoms with Crippen molar-refractivity contribution in [2.75, 3.05) is 6.54 Å². The lowest BCUT2D eigenvalue weighted by Crippen LogP contribution is -2.29. The van der Waals surface area contributed by atoms with E-state index in [4.69, 9.17) is 0 Å². The largest absolute Gasteiger partial charge is 0.573 e. The molecule has 0 amide bonds. The molecule has 2 unspecified atom stereocenters. The maximum absolute atomic E-state index is 12.5. The maximum Gasteiger partial charge on any atom is 0.573 e. The smallest absolute Gasteiger partial charge is 0.405 e. The summed E-state index contributed by atoms with van der Waals surface area (Å²) in [5.41, 5.74) is 0.382. The number of halogens is 3. The van der Waals surface area contributed by atoms with Crippen molar-refractivity contribution in [1.82, 2.24) is 5.32 Å². The maximum atomic E-state index is 12.5. The molecule has 0 bridgehead atoms. The summed E-state index contributed by atoms with van der Waals surface area (Å²) in [6.07, 6.45) is -1.97. The quantitative estimate of drug-likeness (QED) is 0.903. The van der Waals surface area contributed by atoms with E-state index in [9.17, 15) is 13.2 Å². The molecule has 0 aromatic heterocycles. The molecule has 2 atom stereocenters. The van der Waals surface area contributed by atoms with Crippen LogP contribution in [-0.4, -0.2) is 18.9 Å². The van der Waals surface area contributed by atoms with Crippen molar-refractivity contribution in [2.45, 2.75) is 50.9 Å². The van der Waals surface area contributed by atoms with Crippen molar-refractivity contribution >= 4 is 0 Å². The Labute approximate surface area is 117 Å². The molecule has 2 rings (SSSR count). The minimum atomic E-state index is -4.65. The van der Waals surface area contributed by atoms with Crippen LogP contribution in [-0.2, 0) is 5.41 Å². The van der Waals surface area contributed by atoms with Crippen LogP contribution in [0.25, 0.3) is 0 Å². The molecule has 1 fully saturated rings. The third-order valence-electron chi connectivity index (χ3n) is 4.00. The highest BCUT2D eigenvalue weighted by molar-refractivity contribution is 5.40. The van der Waals surface area contributed by atoms with Gasteiger partial charge in [0.25, 0.3) is 0 Å². The summed E-state index contributed by atoms with van der Waals surface area (Å²) < 4.78 is 41.7. The summed E-state index contributed by atoms with van der Waals surface area (Å²) in [5.74, 6) is -0.0698. The number of rotatable bonds is 4. The zero-order chi connectivity index (χ0) is 14.8. The lowest BCUT2D eigenvalue weighted by atomic mass is 9.80. The Morgan fingerprint density at radius 1 is 1.35 bits per heavy atom. The molecule has 1 aliphatic rings. The van der Waals surface area contributed by atoms with Gasteiger partial charge in [-0.15, -0.1) is 13.2 Å². The van der Waals surface area contributed by atoms with E-state index in [1.807, 2.05) is 13.8 Å². The fourth-order valence-corrected chi connectivity index (χ4v) is 3.13. The third kappa shape index (κ3) is 3.45. The van der Waals surface area contributed by atoms with E-state index >= 15 is 0 Å². The van der Waals surface area contributed by atoms with Gasteiger partial charge in [-0.25, -0.2) is 0 Å². The summed E-state index contributed by atoms with van der Waals surface area (Å²) in [6, 6.07) is 6.85. The van der Waals surface area contributed by atoms with E-state index in [0.717, 1.165) is 25.8 Å². The topological polar surface area (TPSA) is 21.3 Å². The minimum absolute atomic E-state index is 0.0698. The van der Waals surface area contributed by atoms with Gasteiger partial charge in [0.2, 0.25) is 0 Å². The fraction of sp³-hybridized carbons (Fsp3) is 0.600. The number of ether oxygens (including phenoxy) is 1. The second-order valence-corrected chi connectivity index (χ2v) is 5.60. The molecule has 1 aromatic rings. The van der Waals surface area contributed by atoms with Gasteiger partial charge in [-0.1, -0.05) is 32.0 Å². The zero-order valence-corrected chi connectivity index (χ0v) is 11.8. The molecule has 1 saturated carbocycles. The highest BCUT2D eigenvalue weighted by Crippen LogP contribution is 2.45. The molecule has 1 aliphatic carbocycles. The number of alkyl halides is 3. The van der Waals surface area contributed by atoms with Crippen LogP contribution in [0.2, 0.25) is 0 Å². The number of nitrogens with one attached hydrogen (secondary N) is 1. The molecule has 20 heavy (non-hydrogen) atoms. The Balaban J connectivity index is 2.24. The van der Waals surface area contributed by atoms with Gasteiger partial charge in [0.15, 0.2) is 0 Å². The SMILES string of the molecule is CCNC1CCC(C)(c2ccccc2OC(F)(F)F)C1. The first-order valence-electron chi connectivity index (χ1n) is 6.93. The van der Waals surface area contributed by atoms with Crippen LogP contribution < -0.4 is 10.1 Å². The Morgan fingerprint density at radius 2 is 2.05 bits per heavy atom. The predicted octanol–water partition coefficient (Wildman–Crippen LogP) is 4.00. The van der Waals surface area contributed by atoms with Gasteiger partial charge in [0, 0.05) is 11.6 Å². The van der Waals surface area contributed by atoms with Crippen molar-refractivity contribution in [3.63, 3.8) is 0 Å². The molecule has 112 valence electrons. The van der Waals surface area contributed by atoms with E-state index in [1.165, 1.54) is 6.07 Å². The van der Waals surface area contributed by atoms with Crippen molar-refractivity contribution < 1.29 is 17.9 Å². The molecule has 0 spiro atoms. The van der Waals surface area contributed by atoms with Crippen LogP contribution in [0.4, 0.5) is 13.2 Å². The Kier molecular flexibility index (Phi) is 4.28. The van der Waals surface area contributed by atoms with Gasteiger partial charge in [-0.05, 0) is 37.3 Å². The lowest BCUT2D eigenvalue weighted by molar-refractivity contribution is -0.275. The summed E-state index contributed by atoms with van der Waals surface area (Å²) in [6.45, 7) is 4.93. The Morgan fingerprint density at radius 3 is 2.70 bits per heavy atom. The van der Waals surface area contributed by atoms with Crippen molar-refractivity contribution in [3.05, 3.63) is 29.8 Å². The second-order valence-electron chi connectivity index (χ2n) is 5.60. The monoisotopic (exact) mass is 287 g/mol. The average Bonchev–Trinajstić information content (AvgIpc) is 2.71. The van der Waals surface area contributed by atoms with E-state index in [1.54, 1.807) is 18.2 Å². The number of hydrogen-bond donors (Lipinski definition) is 1. The summed E-state index contributed by atoms with van der Waals surface area (Å²) >= 11 is 0. The summed E-state index contributed by atoms with van der Waals surface area (Å²) in [5, 5.41) is 3.37. The highest BCUT2D eigenvalue weighted by Gasteiger charge is 2.40. The van der Waals surface area contributed by atoms with Crippen molar-refractivity contribution in [3.8, 4) is 5.75 Å². The number of hydrogen-bond acceptors (Lipinski definition) is 2. The summed E-state index contributed by atoms with van der Waals surface area (Å²) in [7, 11) is 0. The molecular formula is C15H20F3NO. The molecule has 0 aliphatic heterocycles. The van der Waals surface area contributed by atoms with Crippen molar-refractivity contribution in [1.29, 1.82) is 0 Å². The van der Waals surface area contributed by atoms with Crippen LogP contribution in [0.3, 0.4) is 0 Å². The first-order valence-corrected chi connectivity index (χ1v) is 6.93. The van der Waals surface area contributed by atoms with Crippen molar-refractivity contribution in [2.24, 2.45) is 0 Å². The molecule has 0 heterocycles. The van der Waals surface area contributed by atoms with E-state index in [2.05, 4.69) is 10.1 Å². The van der Waals surface area contributed by atoms with Gasteiger partial charge >= 0.3 is 6.36 Å². The molecule has 0 radical (unpaired) electrons. The van der Waals surface area contributed by atoms with Crippen LogP contribution in [0.5, 0.6) is 5.75 Å². The molecule has 1 N–H and O–H groups in total. The Hall–Kier alpha value is -1.23. The van der Waals surface area contributed by atoms with Gasteiger partial charge < -0.3 is 10.1 Å². The summed E-state index contributed by atoms with van der Waals surface area (Å²) in [4.78, 5) is 0. The third-order valence-corrected chi connectivity index (χ3v) is 4.00.